The largest absolute Gasteiger partial charge is 0.481 e. The van der Waals surface area contributed by atoms with E-state index in [0.29, 0.717) is 6.42 Å². The van der Waals surface area contributed by atoms with Crippen molar-refractivity contribution in [3.63, 3.8) is 0 Å². The molecule has 0 heterocycles. The van der Waals surface area contributed by atoms with Gasteiger partial charge in [0.05, 0.1) is 0 Å². The van der Waals surface area contributed by atoms with Crippen molar-refractivity contribution < 1.29 is 9.53 Å². The first-order valence-corrected chi connectivity index (χ1v) is 9.23. The maximum Gasteiger partial charge on any atom is 0.265 e. The molecule has 0 saturated carbocycles. The predicted molar refractivity (Wildman–Crippen MR) is 106 cm³/mol. The Morgan fingerprint density at radius 1 is 1.04 bits per heavy atom. The third kappa shape index (κ3) is 3.05. The van der Waals surface area contributed by atoms with Crippen molar-refractivity contribution in [2.45, 2.75) is 39.2 Å². The number of hydrogen-bond acceptors (Lipinski definition) is 2. The van der Waals surface area contributed by atoms with E-state index in [4.69, 9.17) is 4.74 Å². The number of anilines is 1. The Hall–Kier alpha value is -2.81. The Balaban J connectivity index is 1.57. The van der Waals surface area contributed by atoms with E-state index >= 15 is 0 Å². The number of carbonyl (C=O) groups excluding carboxylic acids is 1. The summed E-state index contributed by atoms with van der Waals surface area (Å²) in [5, 5.41) is 5.51. The molecule has 1 unspecified atom stereocenters. The Labute approximate surface area is 154 Å². The summed E-state index contributed by atoms with van der Waals surface area (Å²) in [6.45, 7) is 4.00. The van der Waals surface area contributed by atoms with E-state index < -0.39 is 6.10 Å². The second kappa shape index (κ2) is 6.83. The standard InChI is InChI=1S/C23H23NO2/c1-3-21(26-18-12-7-15(2)8-13-18)23(25)24-20-14-11-17-10-9-16-5-4-6-19(20)22(16)17/h4-8,11-14,21H,3,9-10H2,1-2H3,(H,24,25). The van der Waals surface area contributed by atoms with Crippen molar-refractivity contribution in [3.05, 3.63) is 71.3 Å². The highest BCUT2D eigenvalue weighted by atomic mass is 16.5. The topological polar surface area (TPSA) is 38.3 Å². The summed E-state index contributed by atoms with van der Waals surface area (Å²) >= 11 is 0. The van der Waals surface area contributed by atoms with Gasteiger partial charge in [-0.15, -0.1) is 0 Å². The highest BCUT2D eigenvalue weighted by molar-refractivity contribution is 6.06. The first kappa shape index (κ1) is 16.6. The molecule has 4 rings (SSSR count). The summed E-state index contributed by atoms with van der Waals surface area (Å²) in [6.07, 6.45) is 2.26. The molecule has 3 aromatic rings. The number of ether oxygens (including phenoxy) is 1. The lowest BCUT2D eigenvalue weighted by atomic mass is 10.0. The SMILES string of the molecule is CCC(Oc1ccc(C)cc1)C(=O)Nc1ccc2c3c(cccc13)CC2. The number of rotatable bonds is 5. The average Bonchev–Trinajstić information content (AvgIpc) is 3.08. The Bertz CT molecular complexity index is 950. The maximum absolute atomic E-state index is 12.8. The molecule has 0 radical (unpaired) electrons. The van der Waals surface area contributed by atoms with Crippen LogP contribution < -0.4 is 10.1 Å². The molecule has 3 heteroatoms. The third-order valence-corrected chi connectivity index (χ3v) is 5.10. The molecule has 1 aliphatic rings. The summed E-state index contributed by atoms with van der Waals surface area (Å²) in [5.74, 6) is 0.616. The molecule has 0 aliphatic heterocycles. The lowest BCUT2D eigenvalue weighted by Crippen LogP contribution is -2.32. The second-order valence-corrected chi connectivity index (χ2v) is 6.93. The van der Waals surface area contributed by atoms with Crippen LogP contribution in [0.3, 0.4) is 0 Å². The molecule has 0 bridgehead atoms. The molecular weight excluding hydrogens is 322 g/mol. The summed E-state index contributed by atoms with van der Waals surface area (Å²) in [7, 11) is 0. The zero-order valence-electron chi connectivity index (χ0n) is 15.2. The molecule has 26 heavy (non-hydrogen) atoms. The maximum atomic E-state index is 12.8. The molecule has 3 aromatic carbocycles. The predicted octanol–water partition coefficient (Wildman–Crippen LogP) is 5.04. The highest BCUT2D eigenvalue weighted by Crippen LogP contribution is 2.35. The van der Waals surface area contributed by atoms with E-state index in [-0.39, 0.29) is 5.91 Å². The van der Waals surface area contributed by atoms with Crippen molar-refractivity contribution in [1.82, 2.24) is 0 Å². The fraction of sp³-hybridized carbons (Fsp3) is 0.261. The van der Waals surface area contributed by atoms with Crippen LogP contribution in [0.15, 0.2) is 54.6 Å². The van der Waals surface area contributed by atoms with Crippen molar-refractivity contribution in [1.29, 1.82) is 0 Å². The zero-order chi connectivity index (χ0) is 18.1. The van der Waals surface area contributed by atoms with E-state index in [1.807, 2.05) is 44.2 Å². The van der Waals surface area contributed by atoms with E-state index in [1.54, 1.807) is 0 Å². The van der Waals surface area contributed by atoms with Crippen LogP contribution in [-0.4, -0.2) is 12.0 Å². The third-order valence-electron chi connectivity index (χ3n) is 5.10. The van der Waals surface area contributed by atoms with E-state index in [9.17, 15) is 4.79 Å². The van der Waals surface area contributed by atoms with Gasteiger partial charge in [-0.25, -0.2) is 0 Å². The second-order valence-electron chi connectivity index (χ2n) is 6.93. The Morgan fingerprint density at radius 3 is 2.50 bits per heavy atom. The average molecular weight is 345 g/mol. The number of benzene rings is 3. The summed E-state index contributed by atoms with van der Waals surface area (Å²) in [6, 6.07) is 18.3. The minimum atomic E-state index is -0.513. The fourth-order valence-corrected chi connectivity index (χ4v) is 3.67. The fourth-order valence-electron chi connectivity index (χ4n) is 3.67. The normalized spacial score (nSPS) is 13.6. The number of nitrogens with one attached hydrogen (secondary N) is 1. The number of aryl methyl sites for hydroxylation is 3. The number of carbonyl (C=O) groups is 1. The summed E-state index contributed by atoms with van der Waals surface area (Å²) in [4.78, 5) is 12.8. The lowest BCUT2D eigenvalue weighted by Gasteiger charge is -2.18. The molecule has 3 nitrogen and oxygen atoms in total. The number of amides is 1. The quantitative estimate of drug-likeness (QED) is 0.703. The van der Waals surface area contributed by atoms with Crippen LogP contribution in [0.1, 0.15) is 30.0 Å². The molecule has 1 N–H and O–H groups in total. The molecule has 1 aliphatic carbocycles. The minimum Gasteiger partial charge on any atom is -0.481 e. The van der Waals surface area contributed by atoms with Gasteiger partial charge in [-0.3, -0.25) is 4.79 Å². The van der Waals surface area contributed by atoms with Crippen LogP contribution >= 0.6 is 0 Å². The molecule has 1 atom stereocenters. The highest BCUT2D eigenvalue weighted by Gasteiger charge is 2.21. The van der Waals surface area contributed by atoms with Gasteiger partial charge in [-0.1, -0.05) is 48.9 Å². The van der Waals surface area contributed by atoms with E-state index in [2.05, 4.69) is 29.6 Å². The smallest absolute Gasteiger partial charge is 0.265 e. The molecule has 1 amide bonds. The first-order valence-electron chi connectivity index (χ1n) is 9.23. The van der Waals surface area contributed by atoms with E-state index in [1.165, 1.54) is 22.1 Å². The molecule has 0 fully saturated rings. The molecular formula is C23H23NO2. The summed E-state index contributed by atoms with van der Waals surface area (Å²) in [5.41, 5.74) is 4.78. The van der Waals surface area contributed by atoms with Gasteiger partial charge in [0.25, 0.3) is 5.91 Å². The first-order chi connectivity index (χ1) is 12.7. The van der Waals surface area contributed by atoms with Crippen molar-refractivity contribution >= 4 is 22.4 Å². The van der Waals surface area contributed by atoms with Crippen LogP contribution in [0.4, 0.5) is 5.69 Å². The van der Waals surface area contributed by atoms with Gasteiger partial charge < -0.3 is 10.1 Å². The van der Waals surface area contributed by atoms with Gasteiger partial charge in [0.15, 0.2) is 6.10 Å². The minimum absolute atomic E-state index is 0.105. The van der Waals surface area contributed by atoms with Crippen LogP contribution in [0.25, 0.3) is 10.8 Å². The van der Waals surface area contributed by atoms with Crippen LogP contribution in [0, 0.1) is 6.92 Å². The molecule has 132 valence electrons. The zero-order valence-corrected chi connectivity index (χ0v) is 15.2. The Kier molecular flexibility index (Phi) is 4.37. The van der Waals surface area contributed by atoms with Crippen LogP contribution in [0.2, 0.25) is 0 Å². The van der Waals surface area contributed by atoms with Crippen LogP contribution in [0.5, 0.6) is 5.75 Å². The van der Waals surface area contributed by atoms with Gasteiger partial charge in [-0.05, 0) is 60.9 Å². The van der Waals surface area contributed by atoms with Gasteiger partial charge in [0, 0.05) is 11.1 Å². The van der Waals surface area contributed by atoms with Crippen molar-refractivity contribution in [3.8, 4) is 5.75 Å². The summed E-state index contributed by atoms with van der Waals surface area (Å²) < 4.78 is 5.91. The number of hydrogen-bond donors (Lipinski definition) is 1. The monoisotopic (exact) mass is 345 g/mol. The van der Waals surface area contributed by atoms with E-state index in [0.717, 1.165) is 29.7 Å². The van der Waals surface area contributed by atoms with Gasteiger partial charge >= 0.3 is 0 Å². The van der Waals surface area contributed by atoms with Crippen molar-refractivity contribution in [2.75, 3.05) is 5.32 Å². The molecule has 0 spiro atoms. The van der Waals surface area contributed by atoms with Gasteiger partial charge in [0.1, 0.15) is 5.75 Å². The lowest BCUT2D eigenvalue weighted by molar-refractivity contribution is -0.122. The van der Waals surface area contributed by atoms with Crippen molar-refractivity contribution in [2.24, 2.45) is 0 Å². The molecule has 0 saturated heterocycles. The van der Waals surface area contributed by atoms with Gasteiger partial charge in [0.2, 0.25) is 0 Å². The van der Waals surface area contributed by atoms with Gasteiger partial charge in [-0.2, -0.15) is 0 Å². The molecule has 0 aromatic heterocycles. The Morgan fingerprint density at radius 2 is 1.77 bits per heavy atom. The van der Waals surface area contributed by atoms with Crippen LogP contribution in [-0.2, 0) is 17.6 Å².